The van der Waals surface area contributed by atoms with Crippen LogP contribution in [0.1, 0.15) is 16.7 Å². The minimum absolute atomic E-state index is 0.286. The highest BCUT2D eigenvalue weighted by molar-refractivity contribution is 14.1. The van der Waals surface area contributed by atoms with E-state index in [-0.39, 0.29) is 5.70 Å². The van der Waals surface area contributed by atoms with Gasteiger partial charge in [-0.25, -0.2) is 9.79 Å². The van der Waals surface area contributed by atoms with Crippen LogP contribution in [0.15, 0.2) is 83.5 Å². The minimum Gasteiger partial charge on any atom is -0.487 e. The Bertz CT molecular complexity index is 1090. The van der Waals surface area contributed by atoms with Crippen LogP contribution in [-0.2, 0) is 16.1 Å². The molecule has 4 rings (SSSR count). The number of benzene rings is 3. The molecule has 0 aliphatic carbocycles. The van der Waals surface area contributed by atoms with E-state index in [0.29, 0.717) is 12.5 Å². The van der Waals surface area contributed by atoms with Gasteiger partial charge in [-0.1, -0.05) is 48.5 Å². The van der Waals surface area contributed by atoms with Crippen molar-refractivity contribution in [1.82, 2.24) is 0 Å². The Kier molecular flexibility index (Phi) is 6.29. The molecule has 0 saturated carbocycles. The van der Waals surface area contributed by atoms with Gasteiger partial charge >= 0.3 is 5.97 Å². The summed E-state index contributed by atoms with van der Waals surface area (Å²) in [5, 5.41) is 0. The summed E-state index contributed by atoms with van der Waals surface area (Å²) in [5.74, 6) is 0.715. The Morgan fingerprint density at radius 3 is 2.21 bits per heavy atom. The summed E-state index contributed by atoms with van der Waals surface area (Å²) in [6, 6.07) is 23.4. The summed E-state index contributed by atoms with van der Waals surface area (Å²) in [7, 11) is 0. The van der Waals surface area contributed by atoms with Crippen LogP contribution in [0.3, 0.4) is 0 Å². The number of carbonyl (C=O) groups is 1. The number of hydrogen-bond acceptors (Lipinski definition) is 4. The van der Waals surface area contributed by atoms with Crippen molar-refractivity contribution in [2.24, 2.45) is 4.99 Å². The fourth-order valence-electron chi connectivity index (χ4n) is 2.80. The van der Waals surface area contributed by atoms with Gasteiger partial charge in [0.05, 0.1) is 7.14 Å². The van der Waals surface area contributed by atoms with E-state index in [0.717, 1.165) is 29.6 Å². The predicted octanol–water partition coefficient (Wildman–Crippen LogP) is 5.82. The van der Waals surface area contributed by atoms with Gasteiger partial charge in [-0.15, -0.1) is 0 Å². The molecule has 0 amide bonds. The smallest absolute Gasteiger partial charge is 0.363 e. The standard InChI is InChI=1S/C23H15I2NO3/c24-18-11-16(12-19(25)21(18)28-14-15-7-3-1-4-8-15)13-20-23(27)29-22(26-20)17-9-5-2-6-10-17/h1-13H,14H2/b20-13-. The average Bonchev–Trinajstić information content (AvgIpc) is 3.09. The van der Waals surface area contributed by atoms with E-state index in [1.54, 1.807) is 6.08 Å². The van der Waals surface area contributed by atoms with E-state index in [9.17, 15) is 4.79 Å². The van der Waals surface area contributed by atoms with Crippen molar-refractivity contribution in [3.63, 3.8) is 0 Å². The summed E-state index contributed by atoms with van der Waals surface area (Å²) in [6.45, 7) is 0.504. The number of nitrogens with zero attached hydrogens (tertiary/aromatic N) is 1. The first-order valence-electron chi connectivity index (χ1n) is 8.84. The Labute approximate surface area is 195 Å². The Balaban J connectivity index is 1.56. The molecule has 0 saturated heterocycles. The summed E-state index contributed by atoms with van der Waals surface area (Å²) in [5.41, 5.74) is 3.05. The van der Waals surface area contributed by atoms with Crippen molar-refractivity contribution >= 4 is 63.1 Å². The lowest BCUT2D eigenvalue weighted by Gasteiger charge is -2.11. The Morgan fingerprint density at radius 2 is 1.55 bits per heavy atom. The summed E-state index contributed by atoms with van der Waals surface area (Å²) in [4.78, 5) is 16.6. The zero-order valence-electron chi connectivity index (χ0n) is 15.1. The van der Waals surface area contributed by atoms with Gasteiger partial charge < -0.3 is 9.47 Å². The number of aliphatic imine (C=N–C) groups is 1. The number of halogens is 2. The van der Waals surface area contributed by atoms with Crippen LogP contribution in [0.4, 0.5) is 0 Å². The SMILES string of the molecule is O=C1OC(c2ccccc2)=N/C1=C\c1cc(I)c(OCc2ccccc2)c(I)c1. The zero-order chi connectivity index (χ0) is 20.2. The maximum atomic E-state index is 12.2. The maximum Gasteiger partial charge on any atom is 0.363 e. The molecule has 0 unspecified atom stereocenters. The van der Waals surface area contributed by atoms with E-state index in [4.69, 9.17) is 9.47 Å². The molecule has 0 bridgehead atoms. The van der Waals surface area contributed by atoms with Gasteiger partial charge in [-0.2, -0.15) is 0 Å². The molecule has 0 fully saturated rings. The molecule has 29 heavy (non-hydrogen) atoms. The third-order valence-electron chi connectivity index (χ3n) is 4.19. The summed E-state index contributed by atoms with van der Waals surface area (Å²) in [6.07, 6.45) is 1.74. The molecule has 3 aromatic rings. The minimum atomic E-state index is -0.446. The van der Waals surface area contributed by atoms with Crippen LogP contribution in [0, 0.1) is 7.14 Å². The summed E-state index contributed by atoms with van der Waals surface area (Å²) >= 11 is 4.50. The van der Waals surface area contributed by atoms with Crippen LogP contribution in [-0.4, -0.2) is 11.9 Å². The second kappa shape index (κ2) is 9.08. The van der Waals surface area contributed by atoms with Crippen LogP contribution in [0.2, 0.25) is 0 Å². The molecule has 144 valence electrons. The van der Waals surface area contributed by atoms with E-state index < -0.39 is 5.97 Å². The highest BCUT2D eigenvalue weighted by atomic mass is 127. The van der Waals surface area contributed by atoms with Gasteiger partial charge in [-0.3, -0.25) is 0 Å². The van der Waals surface area contributed by atoms with Gasteiger partial charge in [0.15, 0.2) is 5.70 Å². The molecule has 3 aromatic carbocycles. The molecule has 0 N–H and O–H groups in total. The lowest BCUT2D eigenvalue weighted by Crippen LogP contribution is -2.05. The first kappa shape index (κ1) is 20.1. The van der Waals surface area contributed by atoms with Crippen molar-refractivity contribution in [1.29, 1.82) is 0 Å². The Hall–Kier alpha value is -2.20. The number of esters is 1. The zero-order valence-corrected chi connectivity index (χ0v) is 19.5. The van der Waals surface area contributed by atoms with Gasteiger partial charge in [-0.05, 0) is 86.7 Å². The van der Waals surface area contributed by atoms with E-state index in [1.807, 2.05) is 72.8 Å². The van der Waals surface area contributed by atoms with Crippen molar-refractivity contribution in [3.8, 4) is 5.75 Å². The fourth-order valence-corrected chi connectivity index (χ4v) is 4.93. The van der Waals surface area contributed by atoms with Crippen molar-refractivity contribution in [2.45, 2.75) is 6.61 Å². The van der Waals surface area contributed by atoms with Gasteiger partial charge in [0.1, 0.15) is 12.4 Å². The molecule has 0 atom stereocenters. The fraction of sp³-hybridized carbons (Fsp3) is 0.0435. The molecule has 0 radical (unpaired) electrons. The average molecular weight is 607 g/mol. The molecule has 1 heterocycles. The molecule has 6 heteroatoms. The van der Waals surface area contributed by atoms with Gasteiger partial charge in [0.2, 0.25) is 5.90 Å². The van der Waals surface area contributed by atoms with Crippen LogP contribution in [0.25, 0.3) is 6.08 Å². The van der Waals surface area contributed by atoms with Crippen LogP contribution in [0.5, 0.6) is 5.75 Å². The first-order valence-corrected chi connectivity index (χ1v) is 11.0. The maximum absolute atomic E-state index is 12.2. The number of cyclic esters (lactones) is 1. The predicted molar refractivity (Wildman–Crippen MR) is 130 cm³/mol. The number of hydrogen-bond donors (Lipinski definition) is 0. The lowest BCUT2D eigenvalue weighted by molar-refractivity contribution is -0.129. The molecular weight excluding hydrogens is 592 g/mol. The van der Waals surface area contributed by atoms with Crippen LogP contribution < -0.4 is 4.74 Å². The topological polar surface area (TPSA) is 47.9 Å². The Morgan fingerprint density at radius 1 is 0.931 bits per heavy atom. The first-order chi connectivity index (χ1) is 14.1. The molecule has 0 aromatic heterocycles. The normalized spacial score (nSPS) is 14.6. The van der Waals surface area contributed by atoms with Crippen LogP contribution >= 0.6 is 45.2 Å². The van der Waals surface area contributed by atoms with E-state index >= 15 is 0 Å². The quantitative estimate of drug-likeness (QED) is 0.209. The number of carbonyl (C=O) groups excluding carboxylic acids is 1. The largest absolute Gasteiger partial charge is 0.487 e. The highest BCUT2D eigenvalue weighted by Crippen LogP contribution is 2.31. The third-order valence-corrected chi connectivity index (χ3v) is 5.79. The molecule has 4 nitrogen and oxygen atoms in total. The molecule has 1 aliphatic heterocycles. The number of ether oxygens (including phenoxy) is 2. The van der Waals surface area contributed by atoms with Gasteiger partial charge in [0, 0.05) is 5.56 Å². The van der Waals surface area contributed by atoms with Gasteiger partial charge in [0.25, 0.3) is 0 Å². The highest BCUT2D eigenvalue weighted by Gasteiger charge is 2.24. The van der Waals surface area contributed by atoms with E-state index in [1.165, 1.54) is 0 Å². The molecule has 0 spiro atoms. The van der Waals surface area contributed by atoms with Crippen molar-refractivity contribution in [2.75, 3.05) is 0 Å². The van der Waals surface area contributed by atoms with E-state index in [2.05, 4.69) is 50.2 Å². The van der Waals surface area contributed by atoms with Crippen molar-refractivity contribution < 1.29 is 14.3 Å². The third kappa shape index (κ3) is 4.87. The van der Waals surface area contributed by atoms with Crippen molar-refractivity contribution in [3.05, 3.63) is 102 Å². The lowest BCUT2D eigenvalue weighted by atomic mass is 10.2. The number of rotatable bonds is 5. The molecular formula is C23H15I2NO3. The summed E-state index contributed by atoms with van der Waals surface area (Å²) < 4.78 is 13.3. The monoisotopic (exact) mass is 607 g/mol. The molecule has 1 aliphatic rings. The second-order valence-corrected chi connectivity index (χ2v) is 8.61. The second-order valence-electron chi connectivity index (χ2n) is 6.29.